The Morgan fingerprint density at radius 1 is 1.40 bits per heavy atom. The Balaban J connectivity index is 3.94. The van der Waals surface area contributed by atoms with E-state index in [0.717, 1.165) is 0 Å². The van der Waals surface area contributed by atoms with Gasteiger partial charge in [-0.15, -0.1) is 0 Å². The number of allylic oxidation sites excluding steroid dienone is 2. The van der Waals surface area contributed by atoms with Crippen molar-refractivity contribution in [2.45, 2.75) is 13.3 Å². The fourth-order valence-corrected chi connectivity index (χ4v) is 0.539. The summed E-state index contributed by atoms with van der Waals surface area (Å²) in [6.45, 7) is 1.70. The Bertz CT molecular complexity index is 164. The maximum atomic E-state index is 11.8. The first-order valence-electron chi connectivity index (χ1n) is 2.56. The van der Waals surface area contributed by atoms with Crippen molar-refractivity contribution >= 4 is 34.8 Å². The molecular formula is C6H6Cl3F. The van der Waals surface area contributed by atoms with E-state index in [1.165, 1.54) is 6.08 Å². The average Bonchev–Trinajstić information content (AvgIpc) is 1.82. The molecule has 0 saturated heterocycles. The van der Waals surface area contributed by atoms with Gasteiger partial charge >= 0.3 is 0 Å². The molecule has 4 heteroatoms. The Labute approximate surface area is 74.3 Å². The normalized spacial score (nSPS) is 11.5. The molecule has 0 aliphatic heterocycles. The van der Waals surface area contributed by atoms with Crippen LogP contribution in [0.5, 0.6) is 0 Å². The molecule has 0 fully saturated rings. The van der Waals surface area contributed by atoms with Crippen molar-refractivity contribution in [1.82, 2.24) is 0 Å². The third-order valence-electron chi connectivity index (χ3n) is 0.885. The van der Waals surface area contributed by atoms with Gasteiger partial charge in [-0.2, -0.15) is 4.39 Å². The van der Waals surface area contributed by atoms with Gasteiger partial charge in [0.25, 0.3) is 0 Å². The molecule has 0 rings (SSSR count). The molecule has 58 valence electrons. The zero-order valence-corrected chi connectivity index (χ0v) is 7.56. The fourth-order valence-electron chi connectivity index (χ4n) is 0.307. The van der Waals surface area contributed by atoms with Crippen molar-refractivity contribution in [3.8, 4) is 0 Å². The Morgan fingerprint density at radius 2 is 1.90 bits per heavy atom. The summed E-state index contributed by atoms with van der Waals surface area (Å²) in [5.74, 6) is 0. The molecule has 0 atom stereocenters. The van der Waals surface area contributed by atoms with E-state index in [1.54, 1.807) is 6.92 Å². The first-order valence-corrected chi connectivity index (χ1v) is 3.69. The highest BCUT2D eigenvalue weighted by molar-refractivity contribution is 6.56. The van der Waals surface area contributed by atoms with Crippen LogP contribution in [-0.2, 0) is 0 Å². The van der Waals surface area contributed by atoms with Crippen LogP contribution in [0.3, 0.4) is 0 Å². The van der Waals surface area contributed by atoms with Crippen molar-refractivity contribution in [2.75, 3.05) is 0 Å². The summed E-state index contributed by atoms with van der Waals surface area (Å²) in [5, 5.41) is -0.742. The van der Waals surface area contributed by atoms with Crippen LogP contribution in [0.4, 0.5) is 4.39 Å². The number of halogens is 4. The van der Waals surface area contributed by atoms with E-state index in [0.29, 0.717) is 12.0 Å². The summed E-state index contributed by atoms with van der Waals surface area (Å²) in [5.41, 5.74) is 0.694. The van der Waals surface area contributed by atoms with E-state index in [4.69, 9.17) is 34.8 Å². The van der Waals surface area contributed by atoms with Crippen LogP contribution in [-0.4, -0.2) is 0 Å². The van der Waals surface area contributed by atoms with Gasteiger partial charge in [-0.25, -0.2) is 0 Å². The highest BCUT2D eigenvalue weighted by Crippen LogP contribution is 2.18. The molecular weight excluding hydrogens is 197 g/mol. The van der Waals surface area contributed by atoms with Crippen molar-refractivity contribution in [1.29, 1.82) is 0 Å². The van der Waals surface area contributed by atoms with Gasteiger partial charge in [0.15, 0.2) is 5.29 Å². The second kappa shape index (κ2) is 5.00. The highest BCUT2D eigenvalue weighted by atomic mass is 35.5. The Kier molecular flexibility index (Phi) is 5.14. The van der Waals surface area contributed by atoms with E-state index in [-0.39, 0.29) is 4.49 Å². The predicted octanol–water partition coefficient (Wildman–Crippen LogP) is 4.14. The predicted molar refractivity (Wildman–Crippen MR) is 44.1 cm³/mol. The largest absolute Gasteiger partial charge is 0.194 e. The van der Waals surface area contributed by atoms with Crippen molar-refractivity contribution in [2.24, 2.45) is 0 Å². The molecule has 0 nitrogen and oxygen atoms in total. The summed E-state index contributed by atoms with van der Waals surface area (Å²) in [4.78, 5) is 0. The van der Waals surface area contributed by atoms with Gasteiger partial charge in [-0.05, 0) is 25.0 Å². The molecule has 0 amide bonds. The molecule has 0 heterocycles. The monoisotopic (exact) mass is 202 g/mol. The minimum atomic E-state index is -0.742. The average molecular weight is 203 g/mol. The van der Waals surface area contributed by atoms with E-state index in [9.17, 15) is 4.39 Å². The molecule has 0 aromatic carbocycles. The lowest BCUT2D eigenvalue weighted by Crippen LogP contribution is -1.73. The lowest BCUT2D eigenvalue weighted by molar-refractivity contribution is 0.690. The topological polar surface area (TPSA) is 0 Å². The van der Waals surface area contributed by atoms with Crippen LogP contribution >= 0.6 is 34.8 Å². The summed E-state index contributed by atoms with van der Waals surface area (Å²) in [6, 6.07) is 0. The van der Waals surface area contributed by atoms with E-state index in [2.05, 4.69) is 0 Å². The second-order valence-electron chi connectivity index (χ2n) is 1.74. The molecule has 0 aliphatic carbocycles. The SMILES string of the molecule is CC(CC=C(F)Cl)=C(Cl)Cl. The minimum absolute atomic E-state index is 0.161. The zero-order chi connectivity index (χ0) is 8.15. The van der Waals surface area contributed by atoms with Crippen LogP contribution in [0.2, 0.25) is 0 Å². The minimum Gasteiger partial charge on any atom is -0.194 e. The lowest BCUT2D eigenvalue weighted by atomic mass is 10.2. The van der Waals surface area contributed by atoms with Gasteiger partial charge in [0.05, 0.1) is 0 Å². The highest BCUT2D eigenvalue weighted by Gasteiger charge is 1.93. The number of hydrogen-bond acceptors (Lipinski definition) is 0. The molecule has 0 aliphatic rings. The van der Waals surface area contributed by atoms with E-state index < -0.39 is 5.29 Å². The van der Waals surface area contributed by atoms with Crippen molar-refractivity contribution < 1.29 is 4.39 Å². The fraction of sp³-hybridized carbons (Fsp3) is 0.333. The smallest absolute Gasteiger partial charge is 0.185 e. The zero-order valence-electron chi connectivity index (χ0n) is 5.30. The van der Waals surface area contributed by atoms with Crippen LogP contribution in [0.25, 0.3) is 0 Å². The molecule has 0 radical (unpaired) electrons. The molecule has 0 aromatic heterocycles. The van der Waals surface area contributed by atoms with Gasteiger partial charge in [-0.3, -0.25) is 0 Å². The maximum Gasteiger partial charge on any atom is 0.185 e. The summed E-state index contributed by atoms with van der Waals surface area (Å²) >= 11 is 15.6. The van der Waals surface area contributed by atoms with Crippen molar-refractivity contribution in [3.05, 3.63) is 21.4 Å². The first kappa shape index (κ1) is 10.3. The second-order valence-corrected chi connectivity index (χ2v) is 3.05. The first-order chi connectivity index (χ1) is 4.54. The summed E-state index contributed by atoms with van der Waals surface area (Å²) in [7, 11) is 0. The third kappa shape index (κ3) is 5.10. The lowest BCUT2D eigenvalue weighted by Gasteiger charge is -1.93. The molecule has 0 bridgehead atoms. The standard InChI is InChI=1S/C6H6Cl3F/c1-4(6(8)9)2-3-5(7)10/h3H,2H2,1H3. The van der Waals surface area contributed by atoms with E-state index >= 15 is 0 Å². The third-order valence-corrected chi connectivity index (χ3v) is 1.68. The Morgan fingerprint density at radius 3 is 2.20 bits per heavy atom. The Hall–Kier alpha value is 0.280. The van der Waals surface area contributed by atoms with Gasteiger partial charge < -0.3 is 0 Å². The van der Waals surface area contributed by atoms with Gasteiger partial charge in [0.2, 0.25) is 0 Å². The summed E-state index contributed by atoms with van der Waals surface area (Å²) in [6.07, 6.45) is 1.54. The molecule has 0 saturated carbocycles. The molecule has 0 N–H and O–H groups in total. The van der Waals surface area contributed by atoms with Crippen molar-refractivity contribution in [3.63, 3.8) is 0 Å². The molecule has 10 heavy (non-hydrogen) atoms. The van der Waals surface area contributed by atoms with Gasteiger partial charge in [-0.1, -0.05) is 34.8 Å². The maximum absolute atomic E-state index is 11.8. The van der Waals surface area contributed by atoms with E-state index in [1.807, 2.05) is 0 Å². The van der Waals surface area contributed by atoms with Crippen LogP contribution in [0.15, 0.2) is 21.4 Å². The van der Waals surface area contributed by atoms with Gasteiger partial charge in [0, 0.05) is 0 Å². The molecule has 0 aromatic rings. The number of hydrogen-bond donors (Lipinski definition) is 0. The van der Waals surface area contributed by atoms with Crippen LogP contribution in [0.1, 0.15) is 13.3 Å². The number of rotatable bonds is 2. The van der Waals surface area contributed by atoms with Crippen LogP contribution in [0, 0.1) is 0 Å². The molecule has 0 unspecified atom stereocenters. The van der Waals surface area contributed by atoms with Gasteiger partial charge in [0.1, 0.15) is 4.49 Å². The molecule has 0 spiro atoms. The van der Waals surface area contributed by atoms with Crippen LogP contribution < -0.4 is 0 Å². The quantitative estimate of drug-likeness (QED) is 0.633. The summed E-state index contributed by atoms with van der Waals surface area (Å²) < 4.78 is 12.0.